The van der Waals surface area contributed by atoms with Crippen LogP contribution in [0.5, 0.6) is 0 Å². The first kappa shape index (κ1) is 24.3. The van der Waals surface area contributed by atoms with E-state index in [-0.39, 0.29) is 23.8 Å². The second-order valence-electron chi connectivity index (χ2n) is 9.01. The van der Waals surface area contributed by atoms with Crippen molar-refractivity contribution in [3.8, 4) is 0 Å². The monoisotopic (exact) mass is 512 g/mol. The van der Waals surface area contributed by atoms with Crippen molar-refractivity contribution in [3.63, 3.8) is 0 Å². The molecule has 8 nitrogen and oxygen atoms in total. The van der Waals surface area contributed by atoms with Crippen LogP contribution in [0.15, 0.2) is 64.0 Å². The van der Waals surface area contributed by atoms with E-state index in [4.69, 9.17) is 16.0 Å². The van der Waals surface area contributed by atoms with E-state index in [0.29, 0.717) is 54.3 Å². The summed E-state index contributed by atoms with van der Waals surface area (Å²) in [5, 5.41) is 13.8. The largest absolute Gasteiger partial charge is 0.467 e. The second-order valence-corrected chi connectivity index (χ2v) is 9.45. The van der Waals surface area contributed by atoms with E-state index in [1.165, 1.54) is 18.4 Å². The maximum Gasteiger partial charge on any atom is 0.326 e. The minimum Gasteiger partial charge on any atom is -0.467 e. The average molecular weight is 513 g/mol. The van der Waals surface area contributed by atoms with Gasteiger partial charge < -0.3 is 24.7 Å². The predicted molar refractivity (Wildman–Crippen MR) is 134 cm³/mol. The zero-order valence-electron chi connectivity index (χ0n) is 19.4. The number of piperidine rings is 1. The fourth-order valence-corrected chi connectivity index (χ4v) is 4.88. The van der Waals surface area contributed by atoms with Crippen LogP contribution in [-0.2, 0) is 6.54 Å². The van der Waals surface area contributed by atoms with Crippen LogP contribution in [0.1, 0.15) is 46.7 Å². The molecule has 188 valence electrons. The van der Waals surface area contributed by atoms with Crippen molar-refractivity contribution >= 4 is 28.5 Å². The third kappa shape index (κ3) is 5.09. The number of likely N-dealkylation sites (tertiary alicyclic amines) is 1. The molecule has 4 aromatic rings. The van der Waals surface area contributed by atoms with Crippen molar-refractivity contribution in [2.75, 3.05) is 19.6 Å². The fraction of sp³-hybridized carbons (Fsp3) is 0.308. The Labute approximate surface area is 211 Å². The summed E-state index contributed by atoms with van der Waals surface area (Å²) in [4.78, 5) is 30.2. The van der Waals surface area contributed by atoms with Gasteiger partial charge in [-0.15, -0.1) is 0 Å². The molecule has 2 aromatic heterocycles. The maximum absolute atomic E-state index is 14.9. The van der Waals surface area contributed by atoms with Gasteiger partial charge in [0.2, 0.25) is 0 Å². The summed E-state index contributed by atoms with van der Waals surface area (Å²) >= 11 is 5.93. The molecule has 1 atom stereocenters. The Kier molecular flexibility index (Phi) is 6.95. The molecule has 36 heavy (non-hydrogen) atoms. The molecule has 0 radical (unpaired) electrons. The van der Waals surface area contributed by atoms with E-state index in [1.807, 2.05) is 12.1 Å². The number of H-pyrrole nitrogens is 1. The molecule has 10 heteroatoms. The van der Waals surface area contributed by atoms with Gasteiger partial charge in [-0.05, 0) is 48.7 Å². The first-order valence-corrected chi connectivity index (χ1v) is 12.2. The number of carbonyl (C=O) groups is 1. The molecule has 0 bridgehead atoms. The third-order valence-electron chi connectivity index (χ3n) is 6.66. The number of hydrogen-bond acceptors (Lipinski definition) is 5. The van der Waals surface area contributed by atoms with Crippen molar-refractivity contribution in [2.24, 2.45) is 0 Å². The number of furan rings is 1. The number of aromatic nitrogens is 2. The molecule has 1 amide bonds. The van der Waals surface area contributed by atoms with Crippen LogP contribution < -0.4 is 11.0 Å². The van der Waals surface area contributed by atoms with Crippen LogP contribution >= 0.6 is 11.6 Å². The number of aliphatic hydroxyl groups is 1. The fourth-order valence-electron chi connectivity index (χ4n) is 4.75. The lowest BCUT2D eigenvalue weighted by Crippen LogP contribution is -2.39. The van der Waals surface area contributed by atoms with Crippen molar-refractivity contribution in [3.05, 3.63) is 93.0 Å². The molecule has 5 rings (SSSR count). The Bertz CT molecular complexity index is 1410. The van der Waals surface area contributed by atoms with Gasteiger partial charge >= 0.3 is 5.69 Å². The zero-order valence-corrected chi connectivity index (χ0v) is 20.2. The number of benzene rings is 2. The Morgan fingerprint density at radius 3 is 2.67 bits per heavy atom. The minimum atomic E-state index is -0.698. The van der Waals surface area contributed by atoms with Gasteiger partial charge in [-0.3, -0.25) is 9.36 Å². The smallest absolute Gasteiger partial charge is 0.326 e. The summed E-state index contributed by atoms with van der Waals surface area (Å²) in [5.41, 5.74) is 1.16. The first-order valence-electron chi connectivity index (χ1n) is 11.8. The number of amides is 1. The second kappa shape index (κ2) is 10.3. The molecular formula is C26H26ClFN4O4. The number of hydrogen-bond donors (Lipinski definition) is 3. The maximum atomic E-state index is 14.9. The number of fused-ring (bicyclic) bond motifs is 1. The highest BCUT2D eigenvalue weighted by atomic mass is 35.5. The molecule has 0 aliphatic carbocycles. The highest BCUT2D eigenvalue weighted by Crippen LogP contribution is 2.28. The number of nitrogens with zero attached hydrogens (tertiary/aromatic N) is 2. The summed E-state index contributed by atoms with van der Waals surface area (Å²) in [5.74, 6) is -0.737. The molecule has 3 heterocycles. The van der Waals surface area contributed by atoms with Crippen LogP contribution in [-0.4, -0.2) is 45.1 Å². The highest BCUT2D eigenvalue weighted by Gasteiger charge is 2.26. The summed E-state index contributed by atoms with van der Waals surface area (Å²) in [7, 11) is 0. The van der Waals surface area contributed by atoms with Gasteiger partial charge in [0, 0.05) is 36.8 Å². The molecule has 2 aromatic carbocycles. The number of β-amino-alcohol motifs (C(OH)–C–C–N with tert-alkyl or cyclic N) is 1. The number of halogens is 2. The van der Waals surface area contributed by atoms with Gasteiger partial charge in [0.05, 0.1) is 35.5 Å². The lowest BCUT2D eigenvalue weighted by atomic mass is 10.0. The summed E-state index contributed by atoms with van der Waals surface area (Å²) in [6, 6.07) is 13.0. The molecule has 1 aliphatic heterocycles. The number of aliphatic hydroxyl groups excluding tert-OH is 1. The molecule has 1 saturated heterocycles. The Balaban J connectivity index is 1.26. The van der Waals surface area contributed by atoms with E-state index in [1.54, 1.807) is 28.8 Å². The van der Waals surface area contributed by atoms with E-state index >= 15 is 0 Å². The normalized spacial score (nSPS) is 15.9. The number of nitrogens with one attached hydrogen (secondary N) is 2. The van der Waals surface area contributed by atoms with Gasteiger partial charge in [0.15, 0.2) is 0 Å². The first-order chi connectivity index (χ1) is 17.4. The molecule has 1 aliphatic rings. The number of rotatable bonds is 7. The van der Waals surface area contributed by atoms with Crippen molar-refractivity contribution < 1.29 is 18.7 Å². The molecule has 0 spiro atoms. The summed E-state index contributed by atoms with van der Waals surface area (Å²) < 4.78 is 21.7. The van der Waals surface area contributed by atoms with Crippen molar-refractivity contribution in [1.82, 2.24) is 19.8 Å². The van der Waals surface area contributed by atoms with Crippen LogP contribution in [0.3, 0.4) is 0 Å². The highest BCUT2D eigenvalue weighted by molar-refractivity contribution is 6.30. The van der Waals surface area contributed by atoms with E-state index in [2.05, 4.69) is 15.2 Å². The standard InChI is InChI=1S/C26H26ClFN4O4/c27-17-5-3-16(4-6-17)24(33)15-31-9-7-18(8-10-31)32-23-13-21(28)20(12-22(23)30-26(32)35)25(34)29-14-19-2-1-11-36-19/h1-6,11-13,18,24,33H,7-10,14-15H2,(H,29,34)(H,30,35). The van der Waals surface area contributed by atoms with Crippen molar-refractivity contribution in [2.45, 2.75) is 31.5 Å². The molecule has 0 saturated carbocycles. The zero-order chi connectivity index (χ0) is 25.2. The molecule has 1 fully saturated rings. The summed E-state index contributed by atoms with van der Waals surface area (Å²) in [6.45, 7) is 1.97. The Morgan fingerprint density at radius 1 is 1.22 bits per heavy atom. The van der Waals surface area contributed by atoms with Crippen LogP contribution in [0, 0.1) is 5.82 Å². The predicted octanol–water partition coefficient (Wildman–Crippen LogP) is 4.02. The van der Waals surface area contributed by atoms with E-state index in [0.717, 1.165) is 5.56 Å². The van der Waals surface area contributed by atoms with E-state index < -0.39 is 17.8 Å². The average Bonchev–Trinajstić information content (AvgIpc) is 3.50. The SMILES string of the molecule is O=C(NCc1ccco1)c1cc2[nH]c(=O)n(C3CCN(CC(O)c4ccc(Cl)cc4)CC3)c2cc1F. The van der Waals surface area contributed by atoms with E-state index in [9.17, 15) is 19.1 Å². The van der Waals surface area contributed by atoms with Gasteiger partial charge in [-0.2, -0.15) is 0 Å². The van der Waals surface area contributed by atoms with Crippen LogP contribution in [0.25, 0.3) is 11.0 Å². The number of aromatic amines is 1. The van der Waals surface area contributed by atoms with Crippen LogP contribution in [0.4, 0.5) is 4.39 Å². The quantitative estimate of drug-likeness (QED) is 0.347. The van der Waals surface area contributed by atoms with Gasteiger partial charge in [0.25, 0.3) is 5.91 Å². The number of carbonyl (C=O) groups excluding carboxylic acids is 1. The lowest BCUT2D eigenvalue weighted by molar-refractivity contribution is 0.0906. The third-order valence-corrected chi connectivity index (χ3v) is 6.91. The lowest BCUT2D eigenvalue weighted by Gasteiger charge is -2.33. The molecular weight excluding hydrogens is 487 g/mol. The van der Waals surface area contributed by atoms with Gasteiger partial charge in [0.1, 0.15) is 11.6 Å². The number of imidazole rings is 1. The summed E-state index contributed by atoms with van der Waals surface area (Å²) in [6.07, 6.45) is 2.20. The van der Waals surface area contributed by atoms with Crippen LogP contribution in [0.2, 0.25) is 5.02 Å². The van der Waals surface area contributed by atoms with Gasteiger partial charge in [-0.25, -0.2) is 9.18 Å². The topological polar surface area (TPSA) is 104 Å². The Morgan fingerprint density at radius 2 is 1.97 bits per heavy atom. The minimum absolute atomic E-state index is 0.117. The molecule has 1 unspecified atom stereocenters. The van der Waals surface area contributed by atoms with Crippen molar-refractivity contribution in [1.29, 1.82) is 0 Å². The Hall–Kier alpha value is -3.40. The molecule has 3 N–H and O–H groups in total. The van der Waals surface area contributed by atoms with Gasteiger partial charge in [-0.1, -0.05) is 23.7 Å².